The molecule has 0 aliphatic carbocycles. The molecule has 2 rings (SSSR count). The highest BCUT2D eigenvalue weighted by Gasteiger charge is 2.28. The Balaban J connectivity index is 0.000000553. The molecule has 0 bridgehead atoms. The predicted molar refractivity (Wildman–Crippen MR) is 126 cm³/mol. The fraction of sp³-hybridized carbons (Fsp3) is 0.696. The zero-order chi connectivity index (χ0) is 21.4. The summed E-state index contributed by atoms with van der Waals surface area (Å²) in [5.74, 6) is 0.544. The maximum atomic E-state index is 10.4. The number of carboxylic acid groups (broad SMARTS) is 1. The van der Waals surface area contributed by atoms with Crippen LogP contribution in [0.5, 0.6) is 5.75 Å². The quantitative estimate of drug-likeness (QED) is 0.357. The number of anilines is 1. The lowest BCUT2D eigenvalue weighted by Gasteiger charge is -2.41. The lowest BCUT2D eigenvalue weighted by atomic mass is 10.1. The number of rotatable bonds is 11. The molecule has 0 unspecified atom stereocenters. The average Bonchev–Trinajstić information content (AvgIpc) is 2.72. The van der Waals surface area contributed by atoms with E-state index < -0.39 is 6.09 Å². The number of quaternary nitrogens is 1. The fourth-order valence-electron chi connectivity index (χ4n) is 3.79. The van der Waals surface area contributed by atoms with Crippen molar-refractivity contribution in [3.8, 4) is 5.75 Å². The molecule has 1 aromatic rings. The van der Waals surface area contributed by atoms with Crippen LogP contribution in [0.1, 0.15) is 65.2 Å². The minimum absolute atomic E-state index is 0. The molecule has 0 radical (unpaired) electrons. The van der Waals surface area contributed by atoms with E-state index in [1.165, 1.54) is 56.2 Å². The number of nitrogens with one attached hydrogen (secondary N) is 1. The summed E-state index contributed by atoms with van der Waals surface area (Å²) < 4.78 is 6.69. The van der Waals surface area contributed by atoms with E-state index in [9.17, 15) is 9.90 Å². The van der Waals surface area contributed by atoms with Gasteiger partial charge in [0.2, 0.25) is 0 Å². The molecule has 0 saturated carbocycles. The number of carbonyl (C=O) groups excluding carboxylic acids is 1. The molecule has 7 heteroatoms. The summed E-state index contributed by atoms with van der Waals surface area (Å²) in [6.45, 7) is 10.2. The highest BCUT2D eigenvalue weighted by Crippen LogP contribution is 2.23. The predicted octanol–water partition coefficient (Wildman–Crippen LogP) is 4.37. The Morgan fingerprint density at radius 1 is 1.07 bits per heavy atom. The minimum atomic E-state index is -1.33. The van der Waals surface area contributed by atoms with Gasteiger partial charge in [-0.1, -0.05) is 45.2 Å². The Bertz CT molecular complexity index is 560. The van der Waals surface area contributed by atoms with Gasteiger partial charge in [-0.2, -0.15) is 0 Å². The molecule has 1 aromatic carbocycles. The molecule has 0 aromatic heterocycles. The van der Waals surface area contributed by atoms with Crippen molar-refractivity contribution in [2.24, 2.45) is 0 Å². The van der Waals surface area contributed by atoms with E-state index in [4.69, 9.17) is 9.84 Å². The summed E-state index contributed by atoms with van der Waals surface area (Å²) in [6.07, 6.45) is 8.61. The standard InChI is InChI=1S/C12H17NO3.C11H24NO.BrH/c1-2-3-6-9-16-11-8-5-4-7-10(11)13-12(14)15;1-2-3-7-12(10-11-13)8-5-4-6-9-12;/h4-5,7-8,13H,2-3,6,9H2,1H3,(H,14,15);13H,2-11H2,1H3;1H/q;+1;/p-1. The molecule has 1 heterocycles. The lowest BCUT2D eigenvalue weighted by Crippen LogP contribution is -2.53. The third kappa shape index (κ3) is 11.8. The van der Waals surface area contributed by atoms with Crippen molar-refractivity contribution in [1.29, 1.82) is 0 Å². The number of carbonyl (C=O) groups is 1. The minimum Gasteiger partial charge on any atom is -0.530 e. The highest BCUT2D eigenvalue weighted by molar-refractivity contribution is 8.93. The van der Waals surface area contributed by atoms with Gasteiger partial charge < -0.3 is 29.5 Å². The third-order valence-corrected chi connectivity index (χ3v) is 5.45. The molecule has 1 amide bonds. The Labute approximate surface area is 193 Å². The molecule has 1 aliphatic heterocycles. The number of hydrogen-bond donors (Lipinski definition) is 2. The number of halogens is 1. The first kappa shape index (κ1) is 28.7. The van der Waals surface area contributed by atoms with Gasteiger partial charge in [-0.3, -0.25) is 0 Å². The molecule has 0 spiro atoms. The second-order valence-electron chi connectivity index (χ2n) is 7.84. The number of benzene rings is 1. The van der Waals surface area contributed by atoms with Crippen molar-refractivity contribution in [3.05, 3.63) is 24.3 Å². The van der Waals surface area contributed by atoms with Crippen LogP contribution >= 0.6 is 17.0 Å². The van der Waals surface area contributed by atoms with Crippen LogP contribution in [-0.2, 0) is 0 Å². The number of amides is 1. The van der Waals surface area contributed by atoms with Gasteiger partial charge in [0, 0.05) is 0 Å². The highest BCUT2D eigenvalue weighted by atomic mass is 79.9. The van der Waals surface area contributed by atoms with Crippen molar-refractivity contribution in [2.75, 3.05) is 44.7 Å². The number of nitrogens with zero attached hydrogens (tertiary/aromatic N) is 1. The van der Waals surface area contributed by atoms with Crippen LogP contribution < -0.4 is 15.2 Å². The van der Waals surface area contributed by atoms with Crippen LogP contribution in [0.2, 0.25) is 0 Å². The zero-order valence-electron chi connectivity index (χ0n) is 18.7. The largest absolute Gasteiger partial charge is 0.530 e. The van der Waals surface area contributed by atoms with E-state index in [1.54, 1.807) is 24.3 Å². The smallest absolute Gasteiger partial charge is 0.142 e. The van der Waals surface area contributed by atoms with E-state index in [0.717, 1.165) is 25.8 Å². The van der Waals surface area contributed by atoms with Gasteiger partial charge in [-0.15, -0.1) is 17.0 Å². The first-order valence-electron chi connectivity index (χ1n) is 11.2. The van der Waals surface area contributed by atoms with Gasteiger partial charge in [0.15, 0.2) is 0 Å². The molecule has 1 saturated heterocycles. The maximum Gasteiger partial charge on any atom is 0.142 e. The SMILES string of the molecule is Br.CCCCCOc1ccccc1NC(=O)[O-].CCCC[N+]1(CCO)CCCCC1. The molecule has 174 valence electrons. The van der Waals surface area contributed by atoms with Crippen LogP contribution in [0.15, 0.2) is 24.3 Å². The first-order valence-corrected chi connectivity index (χ1v) is 11.2. The molecule has 6 nitrogen and oxygen atoms in total. The van der Waals surface area contributed by atoms with Crippen LogP contribution in [0.25, 0.3) is 0 Å². The molecule has 2 N–H and O–H groups in total. The van der Waals surface area contributed by atoms with Crippen molar-refractivity contribution < 1.29 is 24.2 Å². The Kier molecular flexibility index (Phi) is 16.6. The normalized spacial score (nSPS) is 14.6. The van der Waals surface area contributed by atoms with Crippen molar-refractivity contribution >= 4 is 28.8 Å². The summed E-state index contributed by atoms with van der Waals surface area (Å²) in [5, 5.41) is 21.7. The van der Waals surface area contributed by atoms with Gasteiger partial charge in [-0.25, -0.2) is 0 Å². The summed E-state index contributed by atoms with van der Waals surface area (Å²) in [5.41, 5.74) is 0.430. The molecule has 1 aliphatic rings. The van der Waals surface area contributed by atoms with Crippen LogP contribution in [0, 0.1) is 0 Å². The average molecular weight is 489 g/mol. The number of unbranched alkanes of at least 4 members (excludes halogenated alkanes) is 3. The van der Waals surface area contributed by atoms with Gasteiger partial charge in [0.05, 0.1) is 38.5 Å². The summed E-state index contributed by atoms with van der Waals surface area (Å²) in [6, 6.07) is 6.92. The van der Waals surface area contributed by atoms with Crippen molar-refractivity contribution in [3.63, 3.8) is 0 Å². The summed E-state index contributed by atoms with van der Waals surface area (Å²) >= 11 is 0. The van der Waals surface area contributed by atoms with E-state index >= 15 is 0 Å². The van der Waals surface area contributed by atoms with Crippen LogP contribution in [0.3, 0.4) is 0 Å². The number of aliphatic hydroxyl groups excluding tert-OH is 1. The Morgan fingerprint density at radius 3 is 2.33 bits per heavy atom. The molecule has 1 fully saturated rings. The van der Waals surface area contributed by atoms with Crippen LogP contribution in [0.4, 0.5) is 10.5 Å². The monoisotopic (exact) mass is 488 g/mol. The topological polar surface area (TPSA) is 81.6 Å². The maximum absolute atomic E-state index is 10.4. The fourth-order valence-corrected chi connectivity index (χ4v) is 3.79. The first-order chi connectivity index (χ1) is 14.1. The molecular formula is C23H41BrN2O4. The summed E-state index contributed by atoms with van der Waals surface area (Å²) in [4.78, 5) is 10.4. The number of ether oxygens (including phenoxy) is 1. The number of likely N-dealkylation sites (tertiary alicyclic amines) is 1. The van der Waals surface area contributed by atoms with Gasteiger partial charge in [0.25, 0.3) is 0 Å². The number of hydrogen-bond acceptors (Lipinski definition) is 4. The second-order valence-corrected chi connectivity index (χ2v) is 7.84. The lowest BCUT2D eigenvalue weighted by molar-refractivity contribution is -0.932. The van der Waals surface area contributed by atoms with Gasteiger partial charge >= 0.3 is 0 Å². The number of aliphatic hydroxyl groups is 1. The Hall–Kier alpha value is -1.31. The number of para-hydroxylation sites is 2. The number of piperidine rings is 1. The molecule has 30 heavy (non-hydrogen) atoms. The van der Waals surface area contributed by atoms with Crippen LogP contribution in [-0.4, -0.2) is 55.1 Å². The van der Waals surface area contributed by atoms with E-state index in [1.807, 2.05) is 0 Å². The second kappa shape index (κ2) is 17.4. The van der Waals surface area contributed by atoms with Gasteiger partial charge in [-0.05, 0) is 44.2 Å². The van der Waals surface area contributed by atoms with E-state index in [2.05, 4.69) is 19.2 Å². The van der Waals surface area contributed by atoms with Crippen molar-refractivity contribution in [1.82, 2.24) is 0 Å². The van der Waals surface area contributed by atoms with E-state index in [0.29, 0.717) is 24.7 Å². The summed E-state index contributed by atoms with van der Waals surface area (Å²) in [7, 11) is 0. The molecule has 0 atom stereocenters. The Morgan fingerprint density at radius 2 is 1.73 bits per heavy atom. The van der Waals surface area contributed by atoms with Gasteiger partial charge in [0.1, 0.15) is 18.4 Å². The third-order valence-electron chi connectivity index (χ3n) is 5.45. The van der Waals surface area contributed by atoms with E-state index in [-0.39, 0.29) is 17.0 Å². The van der Waals surface area contributed by atoms with Crippen molar-refractivity contribution in [2.45, 2.75) is 65.2 Å². The zero-order valence-corrected chi connectivity index (χ0v) is 20.4. The molecular weight excluding hydrogens is 448 g/mol.